The maximum atomic E-state index is 11.7. The lowest BCUT2D eigenvalue weighted by Crippen LogP contribution is -2.31. The van der Waals surface area contributed by atoms with Crippen LogP contribution >= 0.6 is 15.9 Å². The summed E-state index contributed by atoms with van der Waals surface area (Å²) in [5.41, 5.74) is 1.12. The van der Waals surface area contributed by atoms with Crippen molar-refractivity contribution in [3.63, 3.8) is 0 Å². The molecule has 0 unspecified atom stereocenters. The largest absolute Gasteiger partial charge is 0.343 e. The highest BCUT2D eigenvalue weighted by Crippen LogP contribution is 2.17. The molecule has 0 bridgehead atoms. The lowest BCUT2D eigenvalue weighted by molar-refractivity contribution is -0.124. The van der Waals surface area contributed by atoms with Gasteiger partial charge in [-0.1, -0.05) is 35.0 Å². The van der Waals surface area contributed by atoms with E-state index in [2.05, 4.69) is 21.2 Å². The minimum atomic E-state index is -0.0716. The number of benzene rings is 1. The third-order valence-electron chi connectivity index (χ3n) is 2.58. The topological polar surface area (TPSA) is 52.9 Å². The molecule has 0 saturated heterocycles. The van der Waals surface area contributed by atoms with E-state index in [4.69, 9.17) is 5.26 Å². The molecule has 4 heteroatoms. The van der Waals surface area contributed by atoms with Crippen LogP contribution in [0.5, 0.6) is 0 Å². The molecule has 1 amide bonds. The molecule has 1 rings (SSSR count). The van der Waals surface area contributed by atoms with E-state index in [0.717, 1.165) is 16.5 Å². The lowest BCUT2D eigenvalue weighted by Gasteiger charge is -2.13. The molecule has 1 aromatic rings. The number of carbonyl (C=O) groups is 1. The van der Waals surface area contributed by atoms with E-state index in [1.165, 1.54) is 0 Å². The number of halogens is 1. The minimum Gasteiger partial charge on any atom is -0.343 e. The van der Waals surface area contributed by atoms with Gasteiger partial charge in [-0.25, -0.2) is 0 Å². The SMILES string of the molecule is CC[C@@H](Cc1cccc(Br)c1)C(=O)NCC#N. The highest BCUT2D eigenvalue weighted by atomic mass is 79.9. The van der Waals surface area contributed by atoms with Crippen LogP contribution in [-0.2, 0) is 11.2 Å². The zero-order valence-corrected chi connectivity index (χ0v) is 11.3. The highest BCUT2D eigenvalue weighted by Gasteiger charge is 2.16. The number of carbonyl (C=O) groups excluding carboxylic acids is 1. The molecule has 1 N–H and O–H groups in total. The maximum Gasteiger partial charge on any atom is 0.224 e. The van der Waals surface area contributed by atoms with Gasteiger partial charge in [0.05, 0.1) is 6.07 Å². The monoisotopic (exact) mass is 294 g/mol. The molecule has 0 aromatic heterocycles. The first-order valence-electron chi connectivity index (χ1n) is 5.56. The Morgan fingerprint density at radius 1 is 1.59 bits per heavy atom. The standard InChI is InChI=1S/C13H15BrN2O/c1-2-11(13(17)16-7-6-15)8-10-4-3-5-12(14)9-10/h3-5,9,11H,2,7-8H2,1H3,(H,16,17)/t11-/m0/s1. The summed E-state index contributed by atoms with van der Waals surface area (Å²) in [6.45, 7) is 2.06. The Kier molecular flexibility index (Phi) is 5.71. The van der Waals surface area contributed by atoms with Crippen molar-refractivity contribution < 1.29 is 4.79 Å². The van der Waals surface area contributed by atoms with Crippen molar-refractivity contribution in [2.24, 2.45) is 5.92 Å². The fourth-order valence-corrected chi connectivity index (χ4v) is 2.09. The molecule has 0 aliphatic carbocycles. The average molecular weight is 295 g/mol. The second-order valence-electron chi connectivity index (χ2n) is 3.82. The second kappa shape index (κ2) is 7.08. The number of hydrogen-bond acceptors (Lipinski definition) is 2. The van der Waals surface area contributed by atoms with Crippen LogP contribution in [-0.4, -0.2) is 12.5 Å². The molecule has 0 aliphatic rings. The Hall–Kier alpha value is -1.34. The molecule has 90 valence electrons. The molecular formula is C13H15BrN2O. The van der Waals surface area contributed by atoms with Crippen molar-refractivity contribution in [3.05, 3.63) is 34.3 Å². The van der Waals surface area contributed by atoms with Crippen molar-refractivity contribution in [1.82, 2.24) is 5.32 Å². The summed E-state index contributed by atoms with van der Waals surface area (Å²) in [7, 11) is 0. The normalized spacial score (nSPS) is 11.6. The van der Waals surface area contributed by atoms with Crippen molar-refractivity contribution >= 4 is 21.8 Å². The van der Waals surface area contributed by atoms with Crippen molar-refractivity contribution in [1.29, 1.82) is 5.26 Å². The van der Waals surface area contributed by atoms with Gasteiger partial charge >= 0.3 is 0 Å². The van der Waals surface area contributed by atoms with Gasteiger partial charge in [0, 0.05) is 10.4 Å². The summed E-state index contributed by atoms with van der Waals surface area (Å²) in [6.07, 6.45) is 1.47. The van der Waals surface area contributed by atoms with E-state index in [-0.39, 0.29) is 18.4 Å². The molecular weight excluding hydrogens is 280 g/mol. The van der Waals surface area contributed by atoms with E-state index >= 15 is 0 Å². The number of nitriles is 1. The van der Waals surface area contributed by atoms with Gasteiger partial charge in [-0.05, 0) is 30.5 Å². The molecule has 0 radical (unpaired) electrons. The number of amides is 1. The Labute approximate surface area is 110 Å². The van der Waals surface area contributed by atoms with Gasteiger partial charge in [-0.15, -0.1) is 0 Å². The Morgan fingerprint density at radius 2 is 2.35 bits per heavy atom. The number of nitrogens with one attached hydrogen (secondary N) is 1. The molecule has 0 fully saturated rings. The van der Waals surface area contributed by atoms with Gasteiger partial charge in [0.25, 0.3) is 0 Å². The zero-order valence-electron chi connectivity index (χ0n) is 9.74. The molecule has 17 heavy (non-hydrogen) atoms. The lowest BCUT2D eigenvalue weighted by atomic mass is 9.96. The summed E-state index contributed by atoms with van der Waals surface area (Å²) < 4.78 is 1.02. The van der Waals surface area contributed by atoms with Crippen molar-refractivity contribution in [2.45, 2.75) is 19.8 Å². The molecule has 0 aliphatic heterocycles. The predicted octanol–water partition coefficient (Wildman–Crippen LogP) is 2.66. The first-order valence-corrected chi connectivity index (χ1v) is 6.35. The van der Waals surface area contributed by atoms with Crippen LogP contribution in [0.2, 0.25) is 0 Å². The molecule has 0 saturated carbocycles. The van der Waals surface area contributed by atoms with E-state index in [0.29, 0.717) is 6.42 Å². The molecule has 0 spiro atoms. The van der Waals surface area contributed by atoms with Gasteiger partial charge in [0.2, 0.25) is 5.91 Å². The molecule has 3 nitrogen and oxygen atoms in total. The van der Waals surface area contributed by atoms with Crippen molar-refractivity contribution in [2.75, 3.05) is 6.54 Å². The van der Waals surface area contributed by atoms with Crippen LogP contribution < -0.4 is 5.32 Å². The average Bonchev–Trinajstić information content (AvgIpc) is 2.33. The van der Waals surface area contributed by atoms with Crippen molar-refractivity contribution in [3.8, 4) is 6.07 Å². The van der Waals surface area contributed by atoms with Crippen LogP contribution in [0, 0.1) is 17.2 Å². The number of rotatable bonds is 5. The summed E-state index contributed by atoms with van der Waals surface area (Å²) in [6, 6.07) is 9.85. The predicted molar refractivity (Wildman–Crippen MR) is 70.2 cm³/mol. The van der Waals surface area contributed by atoms with Crippen LogP contribution in [0.25, 0.3) is 0 Å². The first-order chi connectivity index (χ1) is 8.17. The summed E-state index contributed by atoms with van der Waals surface area (Å²) in [5.74, 6) is -0.119. The number of hydrogen-bond donors (Lipinski definition) is 1. The molecule has 1 atom stereocenters. The van der Waals surface area contributed by atoms with Gasteiger partial charge in [-0.2, -0.15) is 5.26 Å². The van der Waals surface area contributed by atoms with E-state index in [1.807, 2.05) is 37.3 Å². The Balaban J connectivity index is 2.64. The number of nitrogens with zero attached hydrogens (tertiary/aromatic N) is 1. The summed E-state index contributed by atoms with van der Waals surface area (Å²) >= 11 is 3.41. The van der Waals surface area contributed by atoms with Crippen LogP contribution in [0.15, 0.2) is 28.7 Å². The third kappa shape index (κ3) is 4.58. The van der Waals surface area contributed by atoms with Gasteiger partial charge < -0.3 is 5.32 Å². The Morgan fingerprint density at radius 3 is 2.94 bits per heavy atom. The minimum absolute atomic E-state index is 0.0472. The quantitative estimate of drug-likeness (QED) is 0.849. The summed E-state index contributed by atoms with van der Waals surface area (Å²) in [5, 5.41) is 11.0. The van der Waals surface area contributed by atoms with Crippen LogP contribution in [0.3, 0.4) is 0 Å². The summed E-state index contributed by atoms with van der Waals surface area (Å²) in [4.78, 5) is 11.7. The van der Waals surface area contributed by atoms with E-state index < -0.39 is 0 Å². The maximum absolute atomic E-state index is 11.7. The van der Waals surface area contributed by atoms with Crippen LogP contribution in [0.1, 0.15) is 18.9 Å². The van der Waals surface area contributed by atoms with E-state index in [1.54, 1.807) is 0 Å². The van der Waals surface area contributed by atoms with Gasteiger partial charge in [0.1, 0.15) is 6.54 Å². The zero-order chi connectivity index (χ0) is 12.7. The van der Waals surface area contributed by atoms with Gasteiger partial charge in [-0.3, -0.25) is 4.79 Å². The highest BCUT2D eigenvalue weighted by molar-refractivity contribution is 9.10. The second-order valence-corrected chi connectivity index (χ2v) is 4.73. The smallest absolute Gasteiger partial charge is 0.224 e. The molecule has 1 aromatic carbocycles. The van der Waals surface area contributed by atoms with Crippen LogP contribution in [0.4, 0.5) is 0 Å². The molecule has 0 heterocycles. The first kappa shape index (κ1) is 13.7. The van der Waals surface area contributed by atoms with Gasteiger partial charge in [0.15, 0.2) is 0 Å². The third-order valence-corrected chi connectivity index (χ3v) is 3.07. The fraction of sp³-hybridized carbons (Fsp3) is 0.385. The Bertz CT molecular complexity index is 426. The van der Waals surface area contributed by atoms with E-state index in [9.17, 15) is 4.79 Å². The fourth-order valence-electron chi connectivity index (χ4n) is 1.64.